The number of amides is 1. The highest BCUT2D eigenvalue weighted by Gasteiger charge is 2.26. The van der Waals surface area contributed by atoms with E-state index in [0.29, 0.717) is 5.69 Å². The maximum absolute atomic E-state index is 13.0. The van der Waals surface area contributed by atoms with Crippen molar-refractivity contribution in [1.82, 2.24) is 10.3 Å². The van der Waals surface area contributed by atoms with E-state index in [-0.39, 0.29) is 5.56 Å². The van der Waals surface area contributed by atoms with Crippen molar-refractivity contribution in [3.05, 3.63) is 58.8 Å². The van der Waals surface area contributed by atoms with E-state index < -0.39 is 37.2 Å². The van der Waals surface area contributed by atoms with E-state index in [4.69, 9.17) is 0 Å². The summed E-state index contributed by atoms with van der Waals surface area (Å²) in [6.45, 7) is 0.426. The molecule has 0 saturated heterocycles. The van der Waals surface area contributed by atoms with Gasteiger partial charge in [-0.2, -0.15) is 13.7 Å². The minimum absolute atomic E-state index is 0.263. The molecule has 0 aliphatic carbocycles. The van der Waals surface area contributed by atoms with Crippen LogP contribution in [0.5, 0.6) is 0 Å². The number of carbonyl (C=O) groups is 1. The third-order valence-electron chi connectivity index (χ3n) is 4.03. The van der Waals surface area contributed by atoms with Gasteiger partial charge in [0.25, 0.3) is 5.91 Å². The van der Waals surface area contributed by atoms with Gasteiger partial charge in [-0.15, -0.1) is 0 Å². The molecule has 2 N–H and O–H groups in total. The molecule has 6 nitrogen and oxygen atoms in total. The Morgan fingerprint density at radius 1 is 1.19 bits per heavy atom. The van der Waals surface area contributed by atoms with Crippen LogP contribution in [0.15, 0.2) is 47.8 Å². The minimum Gasteiger partial charge on any atom is -0.386 e. The molecule has 0 saturated carbocycles. The second kappa shape index (κ2) is 9.22. The lowest BCUT2D eigenvalue weighted by Gasteiger charge is -2.22. The predicted molar refractivity (Wildman–Crippen MR) is 92.8 cm³/mol. The molecule has 0 spiro atoms. The predicted octanol–water partition coefficient (Wildman–Crippen LogP) is 3.33. The maximum Gasteiger partial charge on any atom is 0.315 e. The summed E-state index contributed by atoms with van der Waals surface area (Å²) < 4.78 is 37.6. The second-order valence-corrected chi connectivity index (χ2v) is 5.89. The number of aromatic nitrogens is 1. The summed E-state index contributed by atoms with van der Waals surface area (Å²) in [6.07, 6.45) is -3.21. The Labute approximate surface area is 153 Å². The van der Waals surface area contributed by atoms with Crippen molar-refractivity contribution in [3.63, 3.8) is 0 Å². The highest BCUT2D eigenvalue weighted by molar-refractivity contribution is 5.79. The number of hydrogen-bond acceptors (Lipinski definition) is 5. The van der Waals surface area contributed by atoms with Gasteiger partial charge in [-0.1, -0.05) is 35.5 Å². The minimum atomic E-state index is -3.29. The number of benzene rings is 1. The zero-order chi connectivity index (χ0) is 20.0. The van der Waals surface area contributed by atoms with E-state index in [2.05, 4.69) is 10.2 Å². The van der Waals surface area contributed by atoms with Crippen LogP contribution in [-0.2, 0) is 4.79 Å². The number of hydrogen-bond donors (Lipinski definition) is 2. The first-order chi connectivity index (χ1) is 12.9. The number of nitroso groups, excluding NO2 is 1. The van der Waals surface area contributed by atoms with Crippen molar-refractivity contribution < 1.29 is 23.1 Å². The highest BCUT2D eigenvalue weighted by atomic mass is 19.3. The lowest BCUT2D eigenvalue weighted by molar-refractivity contribution is -0.133. The lowest BCUT2D eigenvalue weighted by Crippen LogP contribution is -2.43. The standard InChI is InChI=1S/C18H18F3N3O3/c1-10(24-27)14-7-6-13(9-22-14)11-2-4-12(5-3-11)16(25)15(8-19)23-18(26)17(20)21/h2-7,9-10,15-17,25H,8H2,1H3,(H,23,26). The van der Waals surface area contributed by atoms with Crippen molar-refractivity contribution in [3.8, 4) is 11.1 Å². The summed E-state index contributed by atoms with van der Waals surface area (Å²) >= 11 is 0. The molecule has 1 amide bonds. The van der Waals surface area contributed by atoms with Crippen LogP contribution in [0.2, 0.25) is 0 Å². The molecule has 3 unspecified atom stereocenters. The molecular formula is C18H18F3N3O3. The molecule has 0 fully saturated rings. The second-order valence-electron chi connectivity index (χ2n) is 5.89. The van der Waals surface area contributed by atoms with E-state index in [1.807, 2.05) is 0 Å². The van der Waals surface area contributed by atoms with Crippen molar-refractivity contribution >= 4 is 5.91 Å². The molecule has 2 rings (SSSR count). The van der Waals surface area contributed by atoms with Crippen LogP contribution in [0.3, 0.4) is 0 Å². The third-order valence-corrected chi connectivity index (χ3v) is 4.03. The Morgan fingerprint density at radius 3 is 2.30 bits per heavy atom. The van der Waals surface area contributed by atoms with Crippen molar-refractivity contribution in [2.75, 3.05) is 6.67 Å². The van der Waals surface area contributed by atoms with Gasteiger partial charge in [0.2, 0.25) is 0 Å². The van der Waals surface area contributed by atoms with Crippen molar-refractivity contribution in [2.45, 2.75) is 31.5 Å². The molecule has 3 atom stereocenters. The van der Waals surface area contributed by atoms with Gasteiger partial charge in [0.15, 0.2) is 0 Å². The quantitative estimate of drug-likeness (QED) is 0.686. The molecule has 27 heavy (non-hydrogen) atoms. The Bertz CT molecular complexity index is 770. The third kappa shape index (κ3) is 5.10. The first-order valence-corrected chi connectivity index (χ1v) is 8.08. The maximum atomic E-state index is 13.0. The molecule has 1 heterocycles. The van der Waals surface area contributed by atoms with Gasteiger partial charge in [-0.3, -0.25) is 9.78 Å². The topological polar surface area (TPSA) is 91.6 Å². The smallest absolute Gasteiger partial charge is 0.315 e. The Balaban J connectivity index is 2.13. The molecule has 1 aromatic carbocycles. The van der Waals surface area contributed by atoms with Crippen LogP contribution in [0.25, 0.3) is 11.1 Å². The van der Waals surface area contributed by atoms with Crippen molar-refractivity contribution in [2.24, 2.45) is 5.18 Å². The number of aliphatic hydroxyl groups excluding tert-OH is 1. The first kappa shape index (κ1) is 20.5. The number of rotatable bonds is 8. The number of carbonyl (C=O) groups excluding carboxylic acids is 1. The number of pyridine rings is 1. The van der Waals surface area contributed by atoms with Gasteiger partial charge < -0.3 is 10.4 Å². The van der Waals surface area contributed by atoms with E-state index >= 15 is 0 Å². The van der Waals surface area contributed by atoms with E-state index in [1.54, 1.807) is 42.7 Å². The van der Waals surface area contributed by atoms with Gasteiger partial charge in [-0.05, 0) is 24.1 Å². The molecular weight excluding hydrogens is 363 g/mol. The largest absolute Gasteiger partial charge is 0.386 e. The van der Waals surface area contributed by atoms with E-state index in [1.165, 1.54) is 12.1 Å². The van der Waals surface area contributed by atoms with Crippen LogP contribution in [0.4, 0.5) is 13.2 Å². The summed E-state index contributed by atoms with van der Waals surface area (Å²) in [5.41, 5.74) is 2.27. The zero-order valence-corrected chi connectivity index (χ0v) is 14.3. The fourth-order valence-corrected chi connectivity index (χ4v) is 2.43. The summed E-state index contributed by atoms with van der Waals surface area (Å²) in [5.74, 6) is -1.64. The van der Waals surface area contributed by atoms with Crippen LogP contribution in [0.1, 0.15) is 30.3 Å². The molecule has 0 aliphatic rings. The summed E-state index contributed by atoms with van der Waals surface area (Å²) in [7, 11) is 0. The van der Waals surface area contributed by atoms with E-state index in [9.17, 15) is 28.0 Å². The normalized spacial score (nSPS) is 14.4. The van der Waals surface area contributed by atoms with Gasteiger partial charge in [0.1, 0.15) is 18.8 Å². The monoisotopic (exact) mass is 381 g/mol. The van der Waals surface area contributed by atoms with Crippen molar-refractivity contribution in [1.29, 1.82) is 0 Å². The zero-order valence-electron chi connectivity index (χ0n) is 14.3. The number of alkyl halides is 3. The molecule has 0 aliphatic heterocycles. The highest BCUT2D eigenvalue weighted by Crippen LogP contribution is 2.24. The summed E-state index contributed by atoms with van der Waals surface area (Å²) in [6, 6.07) is 7.67. The Morgan fingerprint density at radius 2 is 1.81 bits per heavy atom. The number of halogens is 3. The molecule has 9 heteroatoms. The Kier molecular flexibility index (Phi) is 7.00. The number of nitrogens with one attached hydrogen (secondary N) is 1. The van der Waals surface area contributed by atoms with Gasteiger partial charge in [-0.25, -0.2) is 4.39 Å². The molecule has 2 aromatic rings. The van der Waals surface area contributed by atoms with Crippen LogP contribution < -0.4 is 5.32 Å². The summed E-state index contributed by atoms with van der Waals surface area (Å²) in [4.78, 5) is 25.7. The van der Waals surface area contributed by atoms with Crippen LogP contribution in [0, 0.1) is 4.91 Å². The van der Waals surface area contributed by atoms with E-state index in [0.717, 1.165) is 11.1 Å². The van der Waals surface area contributed by atoms with Gasteiger partial charge >= 0.3 is 6.43 Å². The fourth-order valence-electron chi connectivity index (χ4n) is 2.43. The molecule has 1 aromatic heterocycles. The average Bonchev–Trinajstić information content (AvgIpc) is 2.70. The molecule has 144 valence electrons. The van der Waals surface area contributed by atoms with Crippen LogP contribution >= 0.6 is 0 Å². The fraction of sp³-hybridized carbons (Fsp3) is 0.333. The molecule has 0 bridgehead atoms. The average molecular weight is 381 g/mol. The first-order valence-electron chi connectivity index (χ1n) is 8.08. The molecule has 0 radical (unpaired) electrons. The Hall–Kier alpha value is -2.81. The lowest BCUT2D eigenvalue weighted by atomic mass is 9.99. The van der Waals surface area contributed by atoms with Gasteiger partial charge in [0, 0.05) is 11.8 Å². The SMILES string of the molecule is CC(N=O)c1ccc(-c2ccc(C(O)C(CF)NC(=O)C(F)F)cc2)cn1. The van der Waals surface area contributed by atoms with Gasteiger partial charge in [0.05, 0.1) is 11.7 Å². The number of aliphatic hydroxyl groups is 1. The van der Waals surface area contributed by atoms with Crippen LogP contribution in [-0.4, -0.2) is 35.1 Å². The summed E-state index contributed by atoms with van der Waals surface area (Å²) in [5, 5.41) is 14.8. The number of nitrogens with zero attached hydrogens (tertiary/aromatic N) is 2.